The van der Waals surface area contributed by atoms with E-state index in [9.17, 15) is 0 Å². The molecule has 1 N–H and O–H groups in total. The molecule has 0 saturated carbocycles. The lowest BCUT2D eigenvalue weighted by molar-refractivity contribution is 0.233. The first-order chi connectivity index (χ1) is 9.56. The number of anilines is 1. The third-order valence-corrected chi connectivity index (χ3v) is 3.59. The van der Waals surface area contributed by atoms with Crippen molar-refractivity contribution in [3.63, 3.8) is 0 Å². The quantitative estimate of drug-likeness (QED) is 0.851. The summed E-state index contributed by atoms with van der Waals surface area (Å²) in [6.45, 7) is 6.83. The summed E-state index contributed by atoms with van der Waals surface area (Å²) in [5, 5.41) is 4.12. The van der Waals surface area contributed by atoms with Crippen molar-refractivity contribution in [1.29, 1.82) is 0 Å². The Bertz CT molecular complexity index is 583. The number of para-hydroxylation sites is 1. The van der Waals surface area contributed by atoms with Gasteiger partial charge in [0, 0.05) is 10.7 Å². The Hall–Kier alpha value is -1.67. The molecule has 0 bridgehead atoms. The lowest BCUT2D eigenvalue weighted by atomic mass is 10.2. The molecule has 3 heteroatoms. The Morgan fingerprint density at radius 2 is 1.85 bits per heavy atom. The van der Waals surface area contributed by atoms with Crippen LogP contribution in [0, 0.1) is 13.8 Å². The third kappa shape index (κ3) is 3.91. The van der Waals surface area contributed by atoms with Gasteiger partial charge in [0.1, 0.15) is 11.9 Å². The Balaban J connectivity index is 1.90. The fraction of sp³-hybridized carbons (Fsp3) is 0.294. The van der Waals surface area contributed by atoms with E-state index in [-0.39, 0.29) is 6.10 Å². The Morgan fingerprint density at radius 3 is 2.55 bits per heavy atom. The molecule has 1 unspecified atom stereocenters. The summed E-state index contributed by atoms with van der Waals surface area (Å²) in [6, 6.07) is 14.0. The first kappa shape index (κ1) is 14.7. The molecule has 0 radical (unpaired) electrons. The van der Waals surface area contributed by atoms with Gasteiger partial charge in [-0.1, -0.05) is 35.9 Å². The molecule has 1 atom stereocenters. The fourth-order valence-electron chi connectivity index (χ4n) is 1.91. The Labute approximate surface area is 125 Å². The zero-order valence-corrected chi connectivity index (χ0v) is 12.9. The summed E-state index contributed by atoms with van der Waals surface area (Å²) in [6.07, 6.45) is 0.0798. The van der Waals surface area contributed by atoms with Crippen molar-refractivity contribution in [2.45, 2.75) is 26.9 Å². The minimum Gasteiger partial charge on any atom is -0.489 e. The van der Waals surface area contributed by atoms with E-state index < -0.39 is 0 Å². The van der Waals surface area contributed by atoms with Crippen molar-refractivity contribution < 1.29 is 4.74 Å². The van der Waals surface area contributed by atoms with E-state index in [1.807, 2.05) is 43.3 Å². The first-order valence-electron chi connectivity index (χ1n) is 6.78. The van der Waals surface area contributed by atoms with Gasteiger partial charge in [-0.15, -0.1) is 0 Å². The van der Waals surface area contributed by atoms with Crippen molar-refractivity contribution in [1.82, 2.24) is 0 Å². The number of ether oxygens (including phenoxy) is 1. The normalized spacial score (nSPS) is 12.0. The molecule has 0 amide bonds. The van der Waals surface area contributed by atoms with Gasteiger partial charge in [-0.2, -0.15) is 0 Å². The van der Waals surface area contributed by atoms with Crippen LogP contribution in [0.3, 0.4) is 0 Å². The monoisotopic (exact) mass is 289 g/mol. The molecular formula is C17H20ClNO. The maximum Gasteiger partial charge on any atom is 0.122 e. The van der Waals surface area contributed by atoms with E-state index >= 15 is 0 Å². The molecule has 0 heterocycles. The number of hydrogen-bond acceptors (Lipinski definition) is 2. The van der Waals surface area contributed by atoms with Crippen molar-refractivity contribution >= 4 is 17.3 Å². The van der Waals surface area contributed by atoms with Crippen LogP contribution in [-0.2, 0) is 0 Å². The zero-order valence-electron chi connectivity index (χ0n) is 12.1. The second-order valence-electron chi connectivity index (χ2n) is 5.04. The predicted octanol–water partition coefficient (Wildman–Crippen LogP) is 4.84. The molecular weight excluding hydrogens is 270 g/mol. The Kier molecular flexibility index (Phi) is 4.91. The van der Waals surface area contributed by atoms with Crippen LogP contribution >= 0.6 is 11.6 Å². The van der Waals surface area contributed by atoms with E-state index in [2.05, 4.69) is 25.2 Å². The number of halogens is 1. The van der Waals surface area contributed by atoms with Crippen LogP contribution in [0.25, 0.3) is 0 Å². The highest BCUT2D eigenvalue weighted by Gasteiger charge is 2.06. The van der Waals surface area contributed by atoms with Crippen LogP contribution in [0.5, 0.6) is 5.75 Å². The fourth-order valence-corrected chi connectivity index (χ4v) is 2.09. The van der Waals surface area contributed by atoms with E-state index in [0.29, 0.717) is 0 Å². The third-order valence-electron chi connectivity index (χ3n) is 3.19. The van der Waals surface area contributed by atoms with Gasteiger partial charge in [0.05, 0.1) is 6.54 Å². The van der Waals surface area contributed by atoms with E-state index in [1.54, 1.807) is 0 Å². The van der Waals surface area contributed by atoms with Gasteiger partial charge in [-0.3, -0.25) is 0 Å². The van der Waals surface area contributed by atoms with Gasteiger partial charge in [0.25, 0.3) is 0 Å². The van der Waals surface area contributed by atoms with E-state index in [1.165, 1.54) is 0 Å². The molecule has 0 saturated heterocycles. The molecule has 0 aliphatic heterocycles. The van der Waals surface area contributed by atoms with Crippen molar-refractivity contribution in [3.8, 4) is 5.75 Å². The van der Waals surface area contributed by atoms with Crippen molar-refractivity contribution in [2.75, 3.05) is 11.9 Å². The summed E-state index contributed by atoms with van der Waals surface area (Å²) in [7, 11) is 0. The van der Waals surface area contributed by atoms with Crippen LogP contribution in [-0.4, -0.2) is 12.6 Å². The largest absolute Gasteiger partial charge is 0.489 e. The van der Waals surface area contributed by atoms with Crippen molar-refractivity contribution in [2.24, 2.45) is 0 Å². The standard InChI is InChI=1S/C17H20ClNO/c1-12-8-9-15(10-16(12)18)19-11-14(3)20-17-7-5-4-6-13(17)2/h4-10,14,19H,11H2,1-3H3. The molecule has 2 nitrogen and oxygen atoms in total. The minimum atomic E-state index is 0.0798. The number of nitrogens with one attached hydrogen (secondary N) is 1. The van der Waals surface area contributed by atoms with Gasteiger partial charge in [0.15, 0.2) is 0 Å². The number of hydrogen-bond donors (Lipinski definition) is 1. The highest BCUT2D eigenvalue weighted by molar-refractivity contribution is 6.31. The number of aryl methyl sites for hydroxylation is 2. The zero-order chi connectivity index (χ0) is 14.5. The van der Waals surface area contributed by atoms with Gasteiger partial charge in [-0.25, -0.2) is 0 Å². The first-order valence-corrected chi connectivity index (χ1v) is 7.16. The molecule has 0 aliphatic rings. The summed E-state index contributed by atoms with van der Waals surface area (Å²) >= 11 is 6.11. The maximum absolute atomic E-state index is 6.11. The molecule has 0 spiro atoms. The molecule has 2 rings (SSSR count). The van der Waals surface area contributed by atoms with Gasteiger partial charge >= 0.3 is 0 Å². The predicted molar refractivity (Wildman–Crippen MR) is 85.9 cm³/mol. The van der Waals surface area contributed by atoms with Crippen LogP contribution in [0.4, 0.5) is 5.69 Å². The van der Waals surface area contributed by atoms with Crippen LogP contribution < -0.4 is 10.1 Å². The highest BCUT2D eigenvalue weighted by Crippen LogP contribution is 2.21. The molecule has 2 aromatic carbocycles. The number of benzene rings is 2. The van der Waals surface area contributed by atoms with E-state index in [4.69, 9.17) is 16.3 Å². The summed E-state index contributed by atoms with van der Waals surface area (Å²) < 4.78 is 5.93. The lowest BCUT2D eigenvalue weighted by Crippen LogP contribution is -2.23. The van der Waals surface area contributed by atoms with Crippen LogP contribution in [0.1, 0.15) is 18.1 Å². The SMILES string of the molecule is Cc1ccc(NCC(C)Oc2ccccc2C)cc1Cl. The molecule has 106 valence electrons. The van der Waals surface area contributed by atoms with E-state index in [0.717, 1.165) is 34.1 Å². The smallest absolute Gasteiger partial charge is 0.122 e. The topological polar surface area (TPSA) is 21.3 Å². The van der Waals surface area contributed by atoms with Gasteiger partial charge < -0.3 is 10.1 Å². The lowest BCUT2D eigenvalue weighted by Gasteiger charge is -2.17. The molecule has 2 aromatic rings. The average Bonchev–Trinajstić information content (AvgIpc) is 2.43. The molecule has 0 aromatic heterocycles. The molecule has 0 fully saturated rings. The van der Waals surface area contributed by atoms with Crippen molar-refractivity contribution in [3.05, 3.63) is 58.6 Å². The average molecular weight is 290 g/mol. The maximum atomic E-state index is 6.11. The minimum absolute atomic E-state index is 0.0798. The molecule has 0 aliphatic carbocycles. The van der Waals surface area contributed by atoms with Crippen LogP contribution in [0.15, 0.2) is 42.5 Å². The Morgan fingerprint density at radius 1 is 1.10 bits per heavy atom. The summed E-state index contributed by atoms with van der Waals surface area (Å²) in [4.78, 5) is 0. The van der Waals surface area contributed by atoms with Gasteiger partial charge in [-0.05, 0) is 50.1 Å². The van der Waals surface area contributed by atoms with Gasteiger partial charge in [0.2, 0.25) is 0 Å². The number of rotatable bonds is 5. The van der Waals surface area contributed by atoms with Crippen LogP contribution in [0.2, 0.25) is 5.02 Å². The summed E-state index contributed by atoms with van der Waals surface area (Å²) in [5.74, 6) is 0.934. The second-order valence-corrected chi connectivity index (χ2v) is 5.45. The molecule has 20 heavy (non-hydrogen) atoms. The highest BCUT2D eigenvalue weighted by atomic mass is 35.5. The summed E-state index contributed by atoms with van der Waals surface area (Å²) in [5.41, 5.74) is 3.25. The second kappa shape index (κ2) is 6.67.